The molecule has 7 nitrogen and oxygen atoms in total. The molecule has 9 heteroatoms. The van der Waals surface area contributed by atoms with Crippen LogP contribution in [0.15, 0.2) is 77.7 Å². The fraction of sp³-hybridized carbons (Fsp3) is 0.312. The van der Waals surface area contributed by atoms with E-state index in [2.05, 4.69) is 16.8 Å². The second kappa shape index (κ2) is 14.0. The molecule has 3 aromatic rings. The van der Waals surface area contributed by atoms with Crippen LogP contribution < -0.4 is 14.4 Å². The Labute approximate surface area is 250 Å². The van der Waals surface area contributed by atoms with Crippen molar-refractivity contribution in [1.29, 1.82) is 0 Å². The van der Waals surface area contributed by atoms with Crippen LogP contribution >= 0.6 is 23.4 Å². The van der Waals surface area contributed by atoms with Gasteiger partial charge in [-0.2, -0.15) is 0 Å². The van der Waals surface area contributed by atoms with E-state index in [4.69, 9.17) is 21.1 Å². The van der Waals surface area contributed by atoms with Gasteiger partial charge in [0.1, 0.15) is 17.2 Å². The van der Waals surface area contributed by atoms with Crippen molar-refractivity contribution in [3.63, 3.8) is 0 Å². The predicted molar refractivity (Wildman–Crippen MR) is 166 cm³/mol. The number of amides is 2. The normalized spacial score (nSPS) is 17.4. The fourth-order valence-corrected chi connectivity index (χ4v) is 5.65. The van der Waals surface area contributed by atoms with Gasteiger partial charge >= 0.3 is 0 Å². The molecule has 2 saturated heterocycles. The van der Waals surface area contributed by atoms with Gasteiger partial charge in [0.15, 0.2) is 0 Å². The summed E-state index contributed by atoms with van der Waals surface area (Å²) in [6.45, 7) is 6.42. The average Bonchev–Trinajstić information content (AvgIpc) is 3.26. The number of benzene rings is 3. The van der Waals surface area contributed by atoms with Gasteiger partial charge in [-0.15, -0.1) is 0 Å². The van der Waals surface area contributed by atoms with E-state index in [-0.39, 0.29) is 11.1 Å². The van der Waals surface area contributed by atoms with E-state index in [9.17, 15) is 9.59 Å². The van der Waals surface area contributed by atoms with Crippen molar-refractivity contribution < 1.29 is 19.1 Å². The molecule has 0 spiro atoms. The van der Waals surface area contributed by atoms with Crippen LogP contribution in [0.5, 0.6) is 17.2 Å². The summed E-state index contributed by atoms with van der Waals surface area (Å²) in [6.07, 6.45) is 5.03. The van der Waals surface area contributed by atoms with Crippen LogP contribution in [0.2, 0.25) is 5.02 Å². The zero-order valence-corrected chi connectivity index (χ0v) is 24.7. The zero-order valence-electron chi connectivity index (χ0n) is 23.1. The molecule has 0 aliphatic carbocycles. The summed E-state index contributed by atoms with van der Waals surface area (Å²) in [5, 5.41) is 0.321. The SMILES string of the molecule is CN1CCN(CCCCCOc2ccc(N3C(=O)S/C(=C\c4ccc(Oc5ccc(Cl)cc5)cc4)C3=O)cc2)CC1. The number of hydrogen-bond acceptors (Lipinski definition) is 7. The summed E-state index contributed by atoms with van der Waals surface area (Å²) in [7, 11) is 2.18. The Balaban J connectivity index is 1.09. The van der Waals surface area contributed by atoms with E-state index in [0.29, 0.717) is 33.7 Å². The molecule has 0 radical (unpaired) electrons. The third kappa shape index (κ3) is 8.14. The summed E-state index contributed by atoms with van der Waals surface area (Å²) in [4.78, 5) is 32.3. The lowest BCUT2D eigenvalue weighted by molar-refractivity contribution is -0.113. The smallest absolute Gasteiger partial charge is 0.298 e. The van der Waals surface area contributed by atoms with Crippen molar-refractivity contribution in [2.75, 3.05) is 51.3 Å². The number of hydrogen-bond donors (Lipinski definition) is 0. The summed E-state index contributed by atoms with van der Waals surface area (Å²) >= 11 is 6.86. The summed E-state index contributed by atoms with van der Waals surface area (Å²) in [5.74, 6) is 1.73. The third-order valence-electron chi connectivity index (χ3n) is 7.10. The number of rotatable bonds is 11. The number of anilines is 1. The van der Waals surface area contributed by atoms with Gasteiger partial charge in [-0.25, -0.2) is 4.90 Å². The average molecular weight is 592 g/mol. The molecule has 2 aliphatic rings. The zero-order chi connectivity index (χ0) is 28.6. The number of halogens is 1. The van der Waals surface area contributed by atoms with Crippen LogP contribution in [-0.4, -0.2) is 67.3 Å². The fourth-order valence-electron chi connectivity index (χ4n) is 4.68. The first-order valence-electron chi connectivity index (χ1n) is 13.9. The van der Waals surface area contributed by atoms with Gasteiger partial charge in [0.05, 0.1) is 17.2 Å². The van der Waals surface area contributed by atoms with E-state index < -0.39 is 0 Å². The maximum Gasteiger partial charge on any atom is 0.298 e. The van der Waals surface area contributed by atoms with Gasteiger partial charge in [0, 0.05) is 31.2 Å². The number of piperazine rings is 1. The van der Waals surface area contributed by atoms with Crippen molar-refractivity contribution in [1.82, 2.24) is 9.80 Å². The second-order valence-corrected chi connectivity index (χ2v) is 11.6. The standard InChI is InChI=1S/C32H34ClN3O4S/c1-34-18-20-35(21-19-34)17-3-2-4-22-39-27-15-9-26(10-16-27)36-31(37)30(41-32(36)38)23-24-5-11-28(12-6-24)40-29-13-7-25(33)8-14-29/h5-16,23H,2-4,17-22H2,1H3/b30-23-. The van der Waals surface area contributed by atoms with Gasteiger partial charge in [-0.05, 0) is 117 Å². The molecule has 2 amide bonds. The number of nitrogens with zero attached hydrogens (tertiary/aromatic N) is 3. The van der Waals surface area contributed by atoms with Gasteiger partial charge < -0.3 is 19.3 Å². The highest BCUT2D eigenvalue weighted by Crippen LogP contribution is 2.36. The molecule has 2 aliphatic heterocycles. The molecule has 0 bridgehead atoms. The van der Waals surface area contributed by atoms with E-state index >= 15 is 0 Å². The van der Waals surface area contributed by atoms with Crippen LogP contribution in [0.1, 0.15) is 24.8 Å². The van der Waals surface area contributed by atoms with Crippen molar-refractivity contribution in [2.24, 2.45) is 0 Å². The van der Waals surface area contributed by atoms with Crippen molar-refractivity contribution in [3.8, 4) is 17.2 Å². The van der Waals surface area contributed by atoms with Crippen LogP contribution in [-0.2, 0) is 4.79 Å². The molecule has 0 saturated carbocycles. The van der Waals surface area contributed by atoms with E-state index in [1.54, 1.807) is 42.5 Å². The molecule has 0 atom stereocenters. The van der Waals surface area contributed by atoms with Crippen molar-refractivity contribution in [3.05, 3.63) is 88.3 Å². The first-order valence-corrected chi connectivity index (χ1v) is 15.1. The summed E-state index contributed by atoms with van der Waals surface area (Å²) in [6, 6.07) is 21.6. The highest BCUT2D eigenvalue weighted by molar-refractivity contribution is 8.19. The number of unbranched alkanes of at least 4 members (excludes halogenated alkanes) is 2. The Kier molecular flexibility index (Phi) is 10.0. The Morgan fingerprint density at radius 3 is 2.12 bits per heavy atom. The molecular weight excluding hydrogens is 558 g/mol. The highest BCUT2D eigenvalue weighted by atomic mass is 35.5. The molecule has 41 heavy (non-hydrogen) atoms. The van der Waals surface area contributed by atoms with Crippen LogP contribution in [0.25, 0.3) is 6.08 Å². The predicted octanol–water partition coefficient (Wildman–Crippen LogP) is 7.17. The van der Waals surface area contributed by atoms with Crippen molar-refractivity contribution in [2.45, 2.75) is 19.3 Å². The first-order chi connectivity index (χ1) is 19.9. The molecule has 214 valence electrons. The van der Waals surface area contributed by atoms with E-state index in [1.807, 2.05) is 36.4 Å². The molecule has 2 fully saturated rings. The van der Waals surface area contributed by atoms with Crippen LogP contribution in [0.4, 0.5) is 10.5 Å². The Morgan fingerprint density at radius 1 is 0.805 bits per heavy atom. The number of ether oxygens (including phenoxy) is 2. The molecule has 2 heterocycles. The van der Waals surface area contributed by atoms with Gasteiger partial charge in [0.25, 0.3) is 11.1 Å². The Hall–Kier alpha value is -3.30. The van der Waals surface area contributed by atoms with E-state index in [0.717, 1.165) is 68.6 Å². The maximum absolute atomic E-state index is 13.1. The minimum atomic E-state index is -0.337. The molecule has 5 rings (SSSR count). The third-order valence-corrected chi connectivity index (χ3v) is 8.22. The number of carbonyl (C=O) groups excluding carboxylic acids is 2. The number of carbonyl (C=O) groups is 2. The second-order valence-electron chi connectivity index (χ2n) is 10.2. The maximum atomic E-state index is 13.1. The number of likely N-dealkylation sites (N-methyl/N-ethyl adjacent to an activating group) is 1. The topological polar surface area (TPSA) is 62.3 Å². The van der Waals surface area contributed by atoms with Gasteiger partial charge in [-0.1, -0.05) is 23.7 Å². The lowest BCUT2D eigenvalue weighted by Gasteiger charge is -2.32. The first kappa shape index (κ1) is 29.2. The number of imide groups is 1. The summed E-state index contributed by atoms with van der Waals surface area (Å²) in [5.41, 5.74) is 1.33. The van der Waals surface area contributed by atoms with Crippen LogP contribution in [0.3, 0.4) is 0 Å². The largest absolute Gasteiger partial charge is 0.494 e. The monoisotopic (exact) mass is 591 g/mol. The van der Waals surface area contributed by atoms with Crippen LogP contribution in [0, 0.1) is 0 Å². The molecule has 0 unspecified atom stereocenters. The molecule has 0 aromatic heterocycles. The van der Waals surface area contributed by atoms with E-state index in [1.165, 1.54) is 11.3 Å². The molecular formula is C32H34ClN3O4S. The Bertz CT molecular complexity index is 1360. The van der Waals surface area contributed by atoms with Gasteiger partial charge in [-0.3, -0.25) is 9.59 Å². The number of thioether (sulfide) groups is 1. The molecule has 3 aromatic carbocycles. The highest BCUT2D eigenvalue weighted by Gasteiger charge is 2.36. The van der Waals surface area contributed by atoms with Crippen molar-refractivity contribution >= 4 is 46.3 Å². The quantitative estimate of drug-likeness (QED) is 0.173. The minimum absolute atomic E-state index is 0.321. The lowest BCUT2D eigenvalue weighted by Crippen LogP contribution is -2.44. The van der Waals surface area contributed by atoms with Gasteiger partial charge in [0.2, 0.25) is 0 Å². The lowest BCUT2D eigenvalue weighted by atomic mass is 10.2. The minimum Gasteiger partial charge on any atom is -0.494 e. The summed E-state index contributed by atoms with van der Waals surface area (Å²) < 4.78 is 11.7. The molecule has 0 N–H and O–H groups in total. The Morgan fingerprint density at radius 2 is 1.44 bits per heavy atom.